The molecular formula is C16H24F3N5. The molecule has 1 aromatic heterocycles. The number of rotatable bonds is 3. The summed E-state index contributed by atoms with van der Waals surface area (Å²) in [7, 11) is 2.09. The number of likely N-dealkylation sites (N-methyl/N-ethyl adjacent to an activating group) is 1. The number of nitrogens with zero attached hydrogens (tertiary/aromatic N) is 5. The van der Waals surface area contributed by atoms with Crippen LogP contribution in [0, 0.1) is 5.92 Å². The Bertz CT molecular complexity index is 526. The molecule has 1 atom stereocenters. The topological polar surface area (TPSA) is 35.5 Å². The minimum Gasteiger partial charge on any atom is -0.338 e. The molecule has 3 rings (SSSR count). The van der Waals surface area contributed by atoms with Crippen LogP contribution >= 0.6 is 0 Å². The third kappa shape index (κ3) is 4.36. The molecule has 0 N–H and O–H groups in total. The van der Waals surface area contributed by atoms with E-state index < -0.39 is 12.1 Å². The van der Waals surface area contributed by atoms with E-state index in [2.05, 4.69) is 26.8 Å². The fourth-order valence-corrected chi connectivity index (χ4v) is 3.32. The summed E-state index contributed by atoms with van der Waals surface area (Å²) in [5, 5.41) is 0. The van der Waals surface area contributed by atoms with Crippen LogP contribution in [-0.4, -0.2) is 72.3 Å². The molecule has 0 saturated carbocycles. The van der Waals surface area contributed by atoms with Crippen LogP contribution in [0.1, 0.15) is 18.4 Å². The largest absolute Gasteiger partial charge is 0.393 e. The molecule has 0 aromatic carbocycles. The van der Waals surface area contributed by atoms with Gasteiger partial charge in [0, 0.05) is 57.2 Å². The fraction of sp³-hybridized carbons (Fsp3) is 0.750. The first-order valence-corrected chi connectivity index (χ1v) is 8.45. The zero-order valence-electron chi connectivity index (χ0n) is 14.0. The van der Waals surface area contributed by atoms with Gasteiger partial charge >= 0.3 is 6.18 Å². The minimum atomic E-state index is -4.10. The number of aromatic nitrogens is 2. The summed E-state index contributed by atoms with van der Waals surface area (Å²) in [4.78, 5) is 15.1. The molecule has 24 heavy (non-hydrogen) atoms. The second-order valence-corrected chi connectivity index (χ2v) is 6.80. The molecule has 5 nitrogen and oxygen atoms in total. The van der Waals surface area contributed by atoms with Gasteiger partial charge in [-0.2, -0.15) is 13.2 Å². The van der Waals surface area contributed by atoms with Crippen LogP contribution in [0.15, 0.2) is 12.4 Å². The molecule has 0 amide bonds. The van der Waals surface area contributed by atoms with Gasteiger partial charge in [0.05, 0.1) is 5.92 Å². The first-order chi connectivity index (χ1) is 11.4. The number of hydrogen-bond acceptors (Lipinski definition) is 5. The number of alkyl halides is 3. The Kier molecular flexibility index (Phi) is 5.24. The minimum absolute atomic E-state index is 0.0731. The molecule has 3 heterocycles. The summed E-state index contributed by atoms with van der Waals surface area (Å²) < 4.78 is 38.6. The smallest absolute Gasteiger partial charge is 0.338 e. The van der Waals surface area contributed by atoms with Gasteiger partial charge in [0.25, 0.3) is 0 Å². The molecule has 0 bridgehead atoms. The SMILES string of the molecule is CN1CCN(c2ncc(CN3CCCC(C(F)(F)F)C3)cn2)CC1. The van der Waals surface area contributed by atoms with Crippen molar-refractivity contribution in [1.29, 1.82) is 0 Å². The number of hydrogen-bond donors (Lipinski definition) is 0. The highest BCUT2D eigenvalue weighted by Gasteiger charge is 2.41. The Balaban J connectivity index is 1.56. The molecule has 134 valence electrons. The van der Waals surface area contributed by atoms with E-state index in [9.17, 15) is 13.2 Å². The number of piperazine rings is 1. The monoisotopic (exact) mass is 343 g/mol. The van der Waals surface area contributed by atoms with Crippen molar-refractivity contribution in [1.82, 2.24) is 19.8 Å². The molecule has 1 unspecified atom stereocenters. The number of halogens is 3. The van der Waals surface area contributed by atoms with Gasteiger partial charge in [-0.15, -0.1) is 0 Å². The van der Waals surface area contributed by atoms with Crippen molar-refractivity contribution >= 4 is 5.95 Å². The second kappa shape index (κ2) is 7.23. The standard InChI is InChI=1S/C16H24F3N5/c1-22-5-7-24(8-6-22)15-20-9-13(10-21-15)11-23-4-2-3-14(12-23)16(17,18)19/h9-10,14H,2-8,11-12H2,1H3. The lowest BCUT2D eigenvalue weighted by Crippen LogP contribution is -2.45. The lowest BCUT2D eigenvalue weighted by atomic mass is 9.97. The van der Waals surface area contributed by atoms with E-state index in [1.54, 1.807) is 12.4 Å². The summed E-state index contributed by atoms with van der Waals surface area (Å²) in [5.74, 6) is -0.504. The highest BCUT2D eigenvalue weighted by atomic mass is 19.4. The van der Waals surface area contributed by atoms with Crippen LogP contribution in [0.2, 0.25) is 0 Å². The molecule has 2 saturated heterocycles. The van der Waals surface area contributed by atoms with Gasteiger partial charge in [-0.25, -0.2) is 9.97 Å². The summed E-state index contributed by atoms with van der Waals surface area (Å²) in [6.07, 6.45) is 0.222. The van der Waals surface area contributed by atoms with Gasteiger partial charge in [0.2, 0.25) is 5.95 Å². The summed E-state index contributed by atoms with van der Waals surface area (Å²) in [6, 6.07) is 0. The van der Waals surface area contributed by atoms with Crippen molar-refractivity contribution in [3.05, 3.63) is 18.0 Å². The molecule has 8 heteroatoms. The maximum absolute atomic E-state index is 12.9. The molecular weight excluding hydrogens is 319 g/mol. The molecule has 2 aliphatic heterocycles. The van der Waals surface area contributed by atoms with Crippen LogP contribution in [0.25, 0.3) is 0 Å². The van der Waals surface area contributed by atoms with Crippen LogP contribution in [0.4, 0.5) is 19.1 Å². The highest BCUT2D eigenvalue weighted by molar-refractivity contribution is 5.30. The third-order valence-corrected chi connectivity index (χ3v) is 4.85. The predicted octanol–water partition coefficient (Wildman–Crippen LogP) is 2.00. The third-order valence-electron chi connectivity index (χ3n) is 4.85. The lowest BCUT2D eigenvalue weighted by Gasteiger charge is -2.34. The first-order valence-electron chi connectivity index (χ1n) is 8.45. The van der Waals surface area contributed by atoms with E-state index >= 15 is 0 Å². The Morgan fingerprint density at radius 1 is 1.08 bits per heavy atom. The quantitative estimate of drug-likeness (QED) is 0.839. The van der Waals surface area contributed by atoms with E-state index in [1.807, 2.05) is 4.90 Å². The average molecular weight is 343 g/mol. The Morgan fingerprint density at radius 3 is 2.38 bits per heavy atom. The van der Waals surface area contributed by atoms with Crippen LogP contribution < -0.4 is 4.90 Å². The lowest BCUT2D eigenvalue weighted by molar-refractivity contribution is -0.187. The van der Waals surface area contributed by atoms with Crippen molar-refractivity contribution in [3.63, 3.8) is 0 Å². The summed E-state index contributed by atoms with van der Waals surface area (Å²) in [5.41, 5.74) is 0.871. The normalized spacial score (nSPS) is 24.3. The number of anilines is 1. The fourth-order valence-electron chi connectivity index (χ4n) is 3.32. The maximum Gasteiger partial charge on any atom is 0.393 e. The zero-order valence-corrected chi connectivity index (χ0v) is 14.0. The molecule has 0 spiro atoms. The molecule has 2 aliphatic rings. The Hall–Kier alpha value is -1.41. The average Bonchev–Trinajstić information content (AvgIpc) is 2.56. The van der Waals surface area contributed by atoms with Crippen LogP contribution in [0.5, 0.6) is 0 Å². The zero-order chi connectivity index (χ0) is 17.2. The summed E-state index contributed by atoms with van der Waals surface area (Å²) >= 11 is 0. The first kappa shape index (κ1) is 17.4. The van der Waals surface area contributed by atoms with E-state index in [-0.39, 0.29) is 13.0 Å². The molecule has 1 aromatic rings. The van der Waals surface area contributed by atoms with Crippen LogP contribution in [0.3, 0.4) is 0 Å². The van der Waals surface area contributed by atoms with Gasteiger partial charge < -0.3 is 9.80 Å². The molecule has 2 fully saturated rings. The Morgan fingerprint density at radius 2 is 1.75 bits per heavy atom. The van der Waals surface area contributed by atoms with Crippen molar-refractivity contribution in [3.8, 4) is 0 Å². The van der Waals surface area contributed by atoms with E-state index in [1.165, 1.54) is 0 Å². The molecule has 0 aliphatic carbocycles. The van der Waals surface area contributed by atoms with Crippen LogP contribution in [-0.2, 0) is 6.54 Å². The van der Waals surface area contributed by atoms with Gasteiger partial charge in [0.15, 0.2) is 0 Å². The van der Waals surface area contributed by atoms with E-state index in [0.29, 0.717) is 25.5 Å². The van der Waals surface area contributed by atoms with E-state index in [4.69, 9.17) is 0 Å². The predicted molar refractivity (Wildman–Crippen MR) is 85.8 cm³/mol. The maximum atomic E-state index is 12.9. The van der Waals surface area contributed by atoms with Crippen molar-refractivity contribution in [2.45, 2.75) is 25.6 Å². The van der Waals surface area contributed by atoms with Crippen molar-refractivity contribution in [2.75, 3.05) is 51.2 Å². The van der Waals surface area contributed by atoms with Gasteiger partial charge in [-0.05, 0) is 26.4 Å². The van der Waals surface area contributed by atoms with Gasteiger partial charge in [0.1, 0.15) is 0 Å². The van der Waals surface area contributed by atoms with Gasteiger partial charge in [-0.3, -0.25) is 4.90 Å². The summed E-state index contributed by atoms with van der Waals surface area (Å²) in [6.45, 7) is 5.02. The number of piperidine rings is 1. The second-order valence-electron chi connectivity index (χ2n) is 6.80. The van der Waals surface area contributed by atoms with Crippen molar-refractivity contribution in [2.24, 2.45) is 5.92 Å². The Labute approximate surface area is 140 Å². The highest BCUT2D eigenvalue weighted by Crippen LogP contribution is 2.33. The number of likely N-dealkylation sites (tertiary alicyclic amines) is 1. The van der Waals surface area contributed by atoms with Gasteiger partial charge in [-0.1, -0.05) is 0 Å². The van der Waals surface area contributed by atoms with Crippen molar-refractivity contribution < 1.29 is 13.2 Å². The van der Waals surface area contributed by atoms with E-state index in [0.717, 1.165) is 31.7 Å². The molecule has 0 radical (unpaired) electrons.